The molecule has 0 radical (unpaired) electrons. The van der Waals surface area contributed by atoms with Gasteiger partial charge in [-0.05, 0) is 72.0 Å². The first-order valence-corrected chi connectivity index (χ1v) is 12.7. The molecule has 0 N–H and O–H groups in total. The molecule has 10 heteroatoms. The van der Waals surface area contributed by atoms with Gasteiger partial charge in [-0.1, -0.05) is 44.0 Å². The van der Waals surface area contributed by atoms with Crippen molar-refractivity contribution >= 4 is 11.9 Å². The lowest BCUT2D eigenvalue weighted by atomic mass is 10.0. The van der Waals surface area contributed by atoms with E-state index in [0.717, 1.165) is 54.5 Å². The lowest BCUT2D eigenvalue weighted by Gasteiger charge is -2.11. The van der Waals surface area contributed by atoms with Gasteiger partial charge in [0.15, 0.2) is 0 Å². The molecule has 7 nitrogen and oxygen atoms in total. The molecule has 0 spiro atoms. The molecule has 1 aromatic heterocycles. The second-order valence-electron chi connectivity index (χ2n) is 9.07. The summed E-state index contributed by atoms with van der Waals surface area (Å²) in [5, 5.41) is 8.91. The SMILES string of the molecule is CCCCCc1cnc(C(=O)Oc2ccc(-c3ccc(C(=O)Oc4ccc(C#N)c(C(F)(F)F)c4)cc3)cc2)nc1. The van der Waals surface area contributed by atoms with Gasteiger partial charge in [-0.15, -0.1) is 0 Å². The minimum Gasteiger partial charge on any atom is -0.423 e. The second-order valence-corrected chi connectivity index (χ2v) is 9.07. The van der Waals surface area contributed by atoms with E-state index in [0.29, 0.717) is 11.8 Å². The number of rotatable bonds is 9. The first-order valence-electron chi connectivity index (χ1n) is 12.7. The predicted molar refractivity (Wildman–Crippen MR) is 143 cm³/mol. The van der Waals surface area contributed by atoms with E-state index < -0.39 is 29.2 Å². The first-order chi connectivity index (χ1) is 19.7. The van der Waals surface area contributed by atoms with Crippen molar-refractivity contribution in [3.05, 3.63) is 107 Å². The van der Waals surface area contributed by atoms with Gasteiger partial charge in [0.05, 0.1) is 22.8 Å². The van der Waals surface area contributed by atoms with Crippen molar-refractivity contribution in [2.45, 2.75) is 38.8 Å². The van der Waals surface area contributed by atoms with Gasteiger partial charge in [-0.3, -0.25) is 0 Å². The summed E-state index contributed by atoms with van der Waals surface area (Å²) >= 11 is 0. The van der Waals surface area contributed by atoms with Crippen molar-refractivity contribution in [3.63, 3.8) is 0 Å². The lowest BCUT2D eigenvalue weighted by molar-refractivity contribution is -0.137. The molecule has 208 valence electrons. The summed E-state index contributed by atoms with van der Waals surface area (Å²) in [6.45, 7) is 2.13. The molecule has 1 heterocycles. The molecule has 4 aromatic rings. The Morgan fingerprint density at radius 3 is 2.00 bits per heavy atom. The van der Waals surface area contributed by atoms with Gasteiger partial charge in [0.1, 0.15) is 11.5 Å². The molecule has 0 aliphatic carbocycles. The van der Waals surface area contributed by atoms with Gasteiger partial charge in [-0.2, -0.15) is 18.4 Å². The first kappa shape index (κ1) is 29.0. The van der Waals surface area contributed by atoms with Crippen LogP contribution in [0.3, 0.4) is 0 Å². The zero-order valence-electron chi connectivity index (χ0n) is 21.9. The molecule has 0 bridgehead atoms. The summed E-state index contributed by atoms with van der Waals surface area (Å²) in [6.07, 6.45) is 2.61. The summed E-state index contributed by atoms with van der Waals surface area (Å²) in [4.78, 5) is 33.1. The Morgan fingerprint density at radius 2 is 1.41 bits per heavy atom. The summed E-state index contributed by atoms with van der Waals surface area (Å²) in [7, 11) is 0. The monoisotopic (exact) mass is 559 g/mol. The van der Waals surface area contributed by atoms with Crippen LogP contribution in [0.1, 0.15) is 63.9 Å². The molecule has 3 aromatic carbocycles. The highest BCUT2D eigenvalue weighted by molar-refractivity contribution is 5.91. The number of hydrogen-bond acceptors (Lipinski definition) is 7. The van der Waals surface area contributed by atoms with Crippen LogP contribution in [0.5, 0.6) is 11.5 Å². The van der Waals surface area contributed by atoms with E-state index in [1.807, 2.05) is 0 Å². The number of nitriles is 1. The van der Waals surface area contributed by atoms with Crippen molar-refractivity contribution < 1.29 is 32.2 Å². The van der Waals surface area contributed by atoms with Gasteiger partial charge >= 0.3 is 18.1 Å². The standard InChI is InChI=1S/C31H24F3N3O4/c1-2-3-4-5-20-18-36-28(37-19-20)30(39)40-25-13-10-22(11-14-25)21-6-8-23(9-7-21)29(38)41-26-15-12-24(17-35)27(16-26)31(32,33)34/h6-16,18-19H,2-5H2,1H3. The van der Waals surface area contributed by atoms with Crippen LogP contribution in [0.2, 0.25) is 0 Å². The Balaban J connectivity index is 1.37. The summed E-state index contributed by atoms with van der Waals surface area (Å²) < 4.78 is 50.0. The Morgan fingerprint density at radius 1 is 0.829 bits per heavy atom. The number of alkyl halides is 3. The number of carbonyl (C=O) groups excluding carboxylic acids is 2. The third-order valence-corrected chi connectivity index (χ3v) is 6.10. The number of benzene rings is 3. The summed E-state index contributed by atoms with van der Waals surface area (Å²) in [5.74, 6) is -1.59. The Hall–Kier alpha value is -5.04. The molecule has 0 amide bonds. The molecule has 41 heavy (non-hydrogen) atoms. The van der Waals surface area contributed by atoms with Crippen molar-refractivity contribution in [2.24, 2.45) is 0 Å². The highest BCUT2D eigenvalue weighted by atomic mass is 19.4. The molecule has 0 fully saturated rings. The van der Waals surface area contributed by atoms with Crippen LogP contribution in [0.4, 0.5) is 13.2 Å². The third kappa shape index (κ3) is 7.54. The molecule has 0 atom stereocenters. The average Bonchev–Trinajstić information content (AvgIpc) is 2.97. The van der Waals surface area contributed by atoms with Crippen LogP contribution < -0.4 is 9.47 Å². The highest BCUT2D eigenvalue weighted by Crippen LogP contribution is 2.34. The Kier molecular flexibility index (Phi) is 9.09. The number of ether oxygens (including phenoxy) is 2. The van der Waals surface area contributed by atoms with Crippen LogP contribution in [0.15, 0.2) is 79.1 Å². The maximum atomic E-state index is 13.2. The summed E-state index contributed by atoms with van der Waals surface area (Å²) in [6, 6.07) is 17.1. The van der Waals surface area contributed by atoms with Crippen LogP contribution in [0, 0.1) is 11.3 Å². The quantitative estimate of drug-likeness (QED) is 0.121. The second kappa shape index (κ2) is 12.9. The van der Waals surface area contributed by atoms with Crippen molar-refractivity contribution in [1.29, 1.82) is 5.26 Å². The number of nitrogens with zero attached hydrogens (tertiary/aromatic N) is 3. The van der Waals surface area contributed by atoms with Gasteiger partial charge in [0.25, 0.3) is 0 Å². The normalized spacial score (nSPS) is 11.0. The third-order valence-electron chi connectivity index (χ3n) is 6.10. The molecule has 0 saturated carbocycles. The molecule has 0 aliphatic rings. The van der Waals surface area contributed by atoms with E-state index in [9.17, 15) is 22.8 Å². The maximum absolute atomic E-state index is 13.2. The molecule has 0 unspecified atom stereocenters. The minimum atomic E-state index is -4.77. The highest BCUT2D eigenvalue weighted by Gasteiger charge is 2.34. The van der Waals surface area contributed by atoms with Gasteiger partial charge in [0.2, 0.25) is 5.82 Å². The number of carbonyl (C=O) groups is 2. The maximum Gasteiger partial charge on any atom is 0.417 e. The number of aryl methyl sites for hydroxylation is 1. The van der Waals surface area contributed by atoms with E-state index in [-0.39, 0.29) is 17.1 Å². The van der Waals surface area contributed by atoms with E-state index >= 15 is 0 Å². The fraction of sp³-hybridized carbons (Fsp3) is 0.194. The zero-order chi connectivity index (χ0) is 29.4. The van der Waals surface area contributed by atoms with Gasteiger partial charge < -0.3 is 9.47 Å². The molecular formula is C31H24F3N3O4. The zero-order valence-corrected chi connectivity index (χ0v) is 21.9. The van der Waals surface area contributed by atoms with E-state index in [1.54, 1.807) is 48.8 Å². The van der Waals surface area contributed by atoms with Crippen molar-refractivity contribution in [3.8, 4) is 28.7 Å². The predicted octanol–water partition coefficient (Wildman–Crippen LogP) is 7.21. The molecule has 0 aliphatic heterocycles. The van der Waals surface area contributed by atoms with E-state index in [4.69, 9.17) is 14.7 Å². The Labute approximate surface area is 234 Å². The molecular weight excluding hydrogens is 535 g/mol. The van der Waals surface area contributed by atoms with Crippen LogP contribution in [-0.2, 0) is 12.6 Å². The average molecular weight is 560 g/mol. The van der Waals surface area contributed by atoms with E-state index in [1.165, 1.54) is 18.2 Å². The lowest BCUT2D eigenvalue weighted by Crippen LogP contribution is -2.13. The van der Waals surface area contributed by atoms with E-state index in [2.05, 4.69) is 16.9 Å². The van der Waals surface area contributed by atoms with Crippen molar-refractivity contribution in [2.75, 3.05) is 0 Å². The fourth-order valence-electron chi connectivity index (χ4n) is 3.92. The number of aromatic nitrogens is 2. The number of hydrogen-bond donors (Lipinski definition) is 0. The fourth-order valence-corrected chi connectivity index (χ4v) is 3.92. The Bertz CT molecular complexity index is 1560. The van der Waals surface area contributed by atoms with Crippen molar-refractivity contribution in [1.82, 2.24) is 9.97 Å². The molecule has 0 saturated heterocycles. The topological polar surface area (TPSA) is 102 Å². The van der Waals surface area contributed by atoms with Gasteiger partial charge in [-0.25, -0.2) is 19.6 Å². The number of halogens is 3. The van der Waals surface area contributed by atoms with Gasteiger partial charge in [0, 0.05) is 12.4 Å². The largest absolute Gasteiger partial charge is 0.423 e. The minimum absolute atomic E-state index is 0.0357. The van der Waals surface area contributed by atoms with Crippen LogP contribution in [0.25, 0.3) is 11.1 Å². The number of esters is 2. The van der Waals surface area contributed by atoms with Crippen LogP contribution >= 0.6 is 0 Å². The number of unbranched alkanes of at least 4 members (excludes halogenated alkanes) is 2. The smallest absolute Gasteiger partial charge is 0.417 e. The molecule has 4 rings (SSSR count). The van der Waals surface area contributed by atoms with Crippen LogP contribution in [-0.4, -0.2) is 21.9 Å². The summed E-state index contributed by atoms with van der Waals surface area (Å²) in [5.41, 5.74) is 0.830.